The minimum Gasteiger partial charge on any atom is -0.352 e. The Morgan fingerprint density at radius 3 is 2.58 bits per heavy atom. The molecule has 0 aliphatic carbocycles. The second-order valence-corrected chi connectivity index (χ2v) is 10.6. The first-order chi connectivity index (χ1) is 18.3. The molecule has 0 aliphatic heterocycles. The van der Waals surface area contributed by atoms with Gasteiger partial charge < -0.3 is 10.3 Å². The highest BCUT2D eigenvalue weighted by Crippen LogP contribution is 2.34. The van der Waals surface area contributed by atoms with Gasteiger partial charge in [-0.25, -0.2) is 0 Å². The van der Waals surface area contributed by atoms with E-state index in [-0.39, 0.29) is 11.3 Å². The smallest absolute Gasteiger partial charge is 0.224 e. The van der Waals surface area contributed by atoms with Crippen LogP contribution in [0.3, 0.4) is 0 Å². The fourth-order valence-electron chi connectivity index (χ4n) is 4.66. The quantitative estimate of drug-likeness (QED) is 0.246. The van der Waals surface area contributed by atoms with Crippen molar-refractivity contribution in [2.24, 2.45) is 5.41 Å². The number of aromatic nitrogens is 6. The average molecular weight is 502 g/mol. The Labute approximate surface area is 219 Å². The summed E-state index contributed by atoms with van der Waals surface area (Å²) in [6.45, 7) is 6.13. The summed E-state index contributed by atoms with van der Waals surface area (Å²) in [5, 5.41) is 12.8. The number of pyridine rings is 3. The van der Waals surface area contributed by atoms with Crippen LogP contribution < -0.4 is 5.32 Å². The first-order valence-corrected chi connectivity index (χ1v) is 12.5. The summed E-state index contributed by atoms with van der Waals surface area (Å²) in [4.78, 5) is 29.2. The number of H-pyrrole nitrogens is 2. The summed E-state index contributed by atoms with van der Waals surface area (Å²) in [5.41, 5.74) is 7.84. The van der Waals surface area contributed by atoms with Crippen LogP contribution >= 0.6 is 0 Å². The predicted octanol–water partition coefficient (Wildman–Crippen LogP) is 6.60. The molecule has 38 heavy (non-hydrogen) atoms. The maximum absolute atomic E-state index is 12.4. The molecule has 0 spiro atoms. The number of anilines is 1. The predicted molar refractivity (Wildman–Crippen MR) is 150 cm³/mol. The van der Waals surface area contributed by atoms with E-state index < -0.39 is 0 Å². The Hall–Kier alpha value is -4.85. The molecule has 3 N–H and O–H groups in total. The van der Waals surface area contributed by atoms with Gasteiger partial charge in [0.1, 0.15) is 5.69 Å². The molecule has 0 radical (unpaired) electrons. The molecular weight excluding hydrogens is 474 g/mol. The van der Waals surface area contributed by atoms with Crippen LogP contribution in [-0.4, -0.2) is 36.0 Å². The maximum Gasteiger partial charge on any atom is 0.224 e. The van der Waals surface area contributed by atoms with E-state index in [1.807, 2.05) is 69.6 Å². The van der Waals surface area contributed by atoms with E-state index in [0.717, 1.165) is 55.6 Å². The summed E-state index contributed by atoms with van der Waals surface area (Å²) in [6.07, 6.45) is 9.34. The third-order valence-electron chi connectivity index (χ3n) is 6.35. The lowest BCUT2D eigenvalue weighted by molar-refractivity contribution is -0.117. The van der Waals surface area contributed by atoms with Crippen molar-refractivity contribution in [3.63, 3.8) is 0 Å². The lowest BCUT2D eigenvalue weighted by Crippen LogP contribution is -2.19. The van der Waals surface area contributed by atoms with E-state index in [1.54, 1.807) is 18.6 Å². The van der Waals surface area contributed by atoms with Crippen molar-refractivity contribution in [3.05, 3.63) is 79.5 Å². The standard InChI is InChI=1S/C30H27N7O/c1-30(2,3)13-28(38)34-20-10-19(14-31-15-20)18-7-8-25-22(11-18)29(37-36-25)26-12-21-23(16-32-17-27(21)35-26)24-6-4-5-9-33-24/h4-12,14-17,35H,13H2,1-3H3,(H,34,38)(H,36,37). The van der Waals surface area contributed by atoms with Gasteiger partial charge in [-0.3, -0.25) is 24.8 Å². The Morgan fingerprint density at radius 2 is 1.76 bits per heavy atom. The van der Waals surface area contributed by atoms with Gasteiger partial charge in [-0.2, -0.15) is 5.10 Å². The third kappa shape index (κ3) is 4.64. The summed E-state index contributed by atoms with van der Waals surface area (Å²) in [6, 6.07) is 16.0. The molecule has 0 bridgehead atoms. The molecule has 8 nitrogen and oxygen atoms in total. The number of nitrogens with zero attached hydrogens (tertiary/aromatic N) is 4. The number of amides is 1. The highest BCUT2D eigenvalue weighted by atomic mass is 16.1. The van der Waals surface area contributed by atoms with Crippen LogP contribution in [0, 0.1) is 5.41 Å². The second kappa shape index (κ2) is 9.23. The molecule has 0 atom stereocenters. The van der Waals surface area contributed by atoms with Crippen molar-refractivity contribution in [1.29, 1.82) is 0 Å². The Balaban J connectivity index is 1.36. The van der Waals surface area contributed by atoms with Gasteiger partial charge in [-0.1, -0.05) is 32.9 Å². The molecule has 6 aromatic rings. The van der Waals surface area contributed by atoms with Crippen LogP contribution in [0.5, 0.6) is 0 Å². The average Bonchev–Trinajstić information content (AvgIpc) is 3.51. The number of benzene rings is 1. The maximum atomic E-state index is 12.4. The molecule has 5 heterocycles. The first kappa shape index (κ1) is 23.5. The van der Waals surface area contributed by atoms with Crippen LogP contribution in [0.2, 0.25) is 0 Å². The Morgan fingerprint density at radius 1 is 0.895 bits per heavy atom. The van der Waals surface area contributed by atoms with Gasteiger partial charge in [-0.05, 0) is 47.4 Å². The van der Waals surface area contributed by atoms with Crippen molar-refractivity contribution in [3.8, 4) is 33.8 Å². The highest BCUT2D eigenvalue weighted by Gasteiger charge is 2.17. The topological polar surface area (TPSA) is 112 Å². The zero-order chi connectivity index (χ0) is 26.3. The van der Waals surface area contributed by atoms with Gasteiger partial charge in [0, 0.05) is 46.9 Å². The number of nitrogens with one attached hydrogen (secondary N) is 3. The van der Waals surface area contributed by atoms with Gasteiger partial charge in [0.05, 0.1) is 40.5 Å². The molecule has 8 heteroatoms. The lowest BCUT2D eigenvalue weighted by atomic mass is 9.92. The van der Waals surface area contributed by atoms with Gasteiger partial charge in [0.25, 0.3) is 0 Å². The largest absolute Gasteiger partial charge is 0.352 e. The molecule has 0 saturated carbocycles. The van der Waals surface area contributed by atoms with Crippen LogP contribution in [0.15, 0.2) is 79.5 Å². The molecule has 5 aromatic heterocycles. The Kier molecular flexibility index (Phi) is 5.72. The van der Waals surface area contributed by atoms with Gasteiger partial charge >= 0.3 is 0 Å². The molecule has 0 fully saturated rings. The zero-order valence-corrected chi connectivity index (χ0v) is 21.4. The molecule has 0 aliphatic rings. The normalized spacial score (nSPS) is 11.8. The molecule has 1 aromatic carbocycles. The van der Waals surface area contributed by atoms with Gasteiger partial charge in [0.15, 0.2) is 0 Å². The molecule has 6 rings (SSSR count). The van der Waals surface area contributed by atoms with E-state index in [1.165, 1.54) is 0 Å². The lowest BCUT2D eigenvalue weighted by Gasteiger charge is -2.17. The van der Waals surface area contributed by atoms with Crippen molar-refractivity contribution < 1.29 is 4.79 Å². The highest BCUT2D eigenvalue weighted by molar-refractivity contribution is 6.01. The van der Waals surface area contributed by atoms with Gasteiger partial charge in [-0.15, -0.1) is 0 Å². The van der Waals surface area contributed by atoms with Crippen LogP contribution in [0.4, 0.5) is 5.69 Å². The van der Waals surface area contributed by atoms with E-state index >= 15 is 0 Å². The monoisotopic (exact) mass is 501 g/mol. The van der Waals surface area contributed by atoms with Crippen molar-refractivity contribution in [2.45, 2.75) is 27.2 Å². The summed E-state index contributed by atoms with van der Waals surface area (Å²) in [5.74, 6) is -0.0256. The van der Waals surface area contributed by atoms with E-state index in [0.29, 0.717) is 12.1 Å². The number of carbonyl (C=O) groups is 1. The van der Waals surface area contributed by atoms with Crippen molar-refractivity contribution >= 4 is 33.4 Å². The number of hydrogen-bond acceptors (Lipinski definition) is 5. The summed E-state index contributed by atoms with van der Waals surface area (Å²) < 4.78 is 0. The van der Waals surface area contributed by atoms with Crippen molar-refractivity contribution in [2.75, 3.05) is 5.32 Å². The number of fused-ring (bicyclic) bond motifs is 2. The molecule has 0 saturated heterocycles. The minimum atomic E-state index is -0.0884. The number of aromatic amines is 2. The minimum absolute atomic E-state index is 0.0256. The molecule has 188 valence electrons. The number of rotatable bonds is 5. The number of hydrogen-bond donors (Lipinski definition) is 3. The molecule has 0 unspecified atom stereocenters. The van der Waals surface area contributed by atoms with Crippen molar-refractivity contribution in [1.82, 2.24) is 30.1 Å². The molecule has 1 amide bonds. The zero-order valence-electron chi connectivity index (χ0n) is 21.4. The summed E-state index contributed by atoms with van der Waals surface area (Å²) in [7, 11) is 0. The fraction of sp³-hybridized carbons (Fsp3) is 0.167. The second-order valence-electron chi connectivity index (χ2n) is 10.6. The third-order valence-corrected chi connectivity index (χ3v) is 6.35. The summed E-state index contributed by atoms with van der Waals surface area (Å²) >= 11 is 0. The van der Waals surface area contributed by atoms with Crippen LogP contribution in [0.1, 0.15) is 27.2 Å². The first-order valence-electron chi connectivity index (χ1n) is 12.5. The van der Waals surface area contributed by atoms with E-state index in [9.17, 15) is 4.79 Å². The SMILES string of the molecule is CC(C)(C)CC(=O)Nc1cncc(-c2ccc3[nH]nc(-c4cc5c(-c6ccccn6)cncc5[nH]4)c3c2)c1. The van der Waals surface area contributed by atoms with Gasteiger partial charge in [0.2, 0.25) is 5.91 Å². The molecular formula is C30H27N7O. The van der Waals surface area contributed by atoms with Crippen LogP contribution in [0.25, 0.3) is 55.6 Å². The number of carbonyl (C=O) groups excluding carboxylic acids is 1. The Bertz CT molecular complexity index is 1780. The fourth-order valence-corrected chi connectivity index (χ4v) is 4.66. The van der Waals surface area contributed by atoms with E-state index in [4.69, 9.17) is 0 Å². The van der Waals surface area contributed by atoms with Crippen LogP contribution in [-0.2, 0) is 4.79 Å². The van der Waals surface area contributed by atoms with E-state index in [2.05, 4.69) is 47.6 Å².